The molecule has 0 saturated carbocycles. The van der Waals surface area contributed by atoms with E-state index in [1.54, 1.807) is 49.4 Å². The molecule has 274 valence electrons. The molecule has 1 heterocycles. The van der Waals surface area contributed by atoms with E-state index in [4.69, 9.17) is 4.74 Å². The number of aromatic carboxylic acids is 2. The van der Waals surface area contributed by atoms with Crippen molar-refractivity contribution in [1.29, 1.82) is 0 Å². The van der Waals surface area contributed by atoms with Crippen LogP contribution in [0.3, 0.4) is 0 Å². The zero-order chi connectivity index (χ0) is 39.1. The zero-order valence-corrected chi connectivity index (χ0v) is 29.1. The number of rotatable bonds is 10. The number of nitrogens with one attached hydrogen (secondary N) is 1. The highest BCUT2D eigenvalue weighted by Crippen LogP contribution is 2.38. The van der Waals surface area contributed by atoms with Crippen molar-refractivity contribution in [3.63, 3.8) is 0 Å². The van der Waals surface area contributed by atoms with Gasteiger partial charge in [-0.3, -0.25) is 9.59 Å². The number of halogens is 3. The highest BCUT2D eigenvalue weighted by Gasteiger charge is 2.22. The number of ketones is 1. The molecule has 1 amide bonds. The number of fused-ring (bicyclic) bond motifs is 3. The van der Waals surface area contributed by atoms with Crippen molar-refractivity contribution in [2.24, 2.45) is 0 Å². The van der Waals surface area contributed by atoms with Gasteiger partial charge < -0.3 is 24.8 Å². The molecule has 12 heteroatoms. The molecule has 0 aliphatic heterocycles. The average Bonchev–Trinajstić information content (AvgIpc) is 3.48. The van der Waals surface area contributed by atoms with Crippen LogP contribution >= 0.6 is 0 Å². The molecule has 0 bridgehead atoms. The summed E-state index contributed by atoms with van der Waals surface area (Å²) in [6, 6.07) is 27.3. The number of carboxylic acids is 2. The van der Waals surface area contributed by atoms with Crippen LogP contribution < -0.4 is 10.1 Å². The van der Waals surface area contributed by atoms with E-state index in [0.717, 1.165) is 34.7 Å². The summed E-state index contributed by atoms with van der Waals surface area (Å²) in [7, 11) is 0. The smallest absolute Gasteiger partial charge is 0.336 e. The summed E-state index contributed by atoms with van der Waals surface area (Å²) >= 11 is 0. The molecule has 7 aromatic rings. The second kappa shape index (κ2) is 14.3. The largest absolute Gasteiger partial charge is 0.478 e. The number of hydrogen-bond acceptors (Lipinski definition) is 5. The summed E-state index contributed by atoms with van der Waals surface area (Å²) in [5.41, 5.74) is 3.02. The number of benzene rings is 6. The quantitative estimate of drug-likeness (QED) is 0.0938. The molecule has 1 aromatic heterocycles. The van der Waals surface area contributed by atoms with Gasteiger partial charge in [-0.1, -0.05) is 36.8 Å². The monoisotopic (exact) mass is 742 g/mol. The number of carboxylic acid groups (broad SMARTS) is 2. The van der Waals surface area contributed by atoms with Crippen LogP contribution in [0.25, 0.3) is 38.6 Å². The molecule has 0 saturated heterocycles. The molecule has 6 aromatic carbocycles. The number of Topliss-reactive ketones (excluding diaryl/α,β-unsaturated/α-hetero) is 1. The maximum atomic E-state index is 14.4. The van der Waals surface area contributed by atoms with Crippen molar-refractivity contribution >= 4 is 51.1 Å². The highest BCUT2D eigenvalue weighted by atomic mass is 19.2. The number of carbonyl (C=O) groups excluding carboxylic acids is 2. The molecular formula is C43H29F3N2O7. The maximum absolute atomic E-state index is 14.4. The Kier molecular flexibility index (Phi) is 9.41. The number of ether oxygens (including phenoxy) is 1. The van der Waals surface area contributed by atoms with Crippen LogP contribution in [0.2, 0.25) is 0 Å². The van der Waals surface area contributed by atoms with Gasteiger partial charge in [0.1, 0.15) is 11.5 Å². The van der Waals surface area contributed by atoms with Gasteiger partial charge in [0.15, 0.2) is 23.2 Å². The first-order chi connectivity index (χ1) is 26.3. The van der Waals surface area contributed by atoms with E-state index in [1.165, 1.54) is 30.3 Å². The van der Waals surface area contributed by atoms with Crippen molar-refractivity contribution in [3.05, 3.63) is 154 Å². The first kappa shape index (κ1) is 36.2. The van der Waals surface area contributed by atoms with Gasteiger partial charge >= 0.3 is 11.9 Å². The third kappa shape index (κ3) is 6.77. The van der Waals surface area contributed by atoms with Gasteiger partial charge in [0.25, 0.3) is 5.91 Å². The maximum Gasteiger partial charge on any atom is 0.336 e. The number of aryl methyl sites for hydroxylation is 1. The van der Waals surface area contributed by atoms with Crippen LogP contribution in [0.15, 0.2) is 109 Å². The van der Waals surface area contributed by atoms with Gasteiger partial charge in [0.2, 0.25) is 0 Å². The van der Waals surface area contributed by atoms with Crippen LogP contribution in [-0.2, 0) is 0 Å². The molecule has 0 aliphatic carbocycles. The molecule has 9 nitrogen and oxygen atoms in total. The molecule has 0 spiro atoms. The predicted molar refractivity (Wildman–Crippen MR) is 200 cm³/mol. The average molecular weight is 743 g/mol. The molecule has 0 fully saturated rings. The molecule has 55 heavy (non-hydrogen) atoms. The normalized spacial score (nSPS) is 11.1. The summed E-state index contributed by atoms with van der Waals surface area (Å²) in [6.07, 6.45) is 0.1000. The zero-order valence-electron chi connectivity index (χ0n) is 29.1. The number of hydrogen-bond donors (Lipinski definition) is 3. The van der Waals surface area contributed by atoms with Crippen molar-refractivity contribution in [1.82, 2.24) is 4.57 Å². The number of para-hydroxylation sites is 1. The Morgan fingerprint density at radius 3 is 1.89 bits per heavy atom. The fourth-order valence-electron chi connectivity index (χ4n) is 6.59. The lowest BCUT2D eigenvalue weighted by molar-refractivity contribution is 0.0683. The number of anilines is 1. The van der Waals surface area contributed by atoms with Crippen LogP contribution in [-0.4, -0.2) is 38.4 Å². The fourth-order valence-corrected chi connectivity index (χ4v) is 6.59. The van der Waals surface area contributed by atoms with E-state index in [0.29, 0.717) is 27.8 Å². The van der Waals surface area contributed by atoms with Gasteiger partial charge in [-0.25, -0.2) is 22.8 Å². The first-order valence-electron chi connectivity index (χ1n) is 16.9. The van der Waals surface area contributed by atoms with Crippen molar-refractivity contribution in [2.75, 3.05) is 5.32 Å². The van der Waals surface area contributed by atoms with E-state index >= 15 is 0 Å². The number of amides is 1. The standard InChI is InChI=1S/C43H29F3N2O7/c1-3-39(49)28-12-10-25(20-32(28)42(51)52)55-26-11-13-29(33(21-26)43(53)54)41(50)47-24-9-15-38-31(19-24)30-16-22(2)8-14-37(30)48(38)36-7-5-4-6-27(36)23-17-34(44)40(46)35(45)18-23/h4-21H,3H2,1-2H3,(H,47,50)(H,51,52)(H,53,54). The van der Waals surface area contributed by atoms with Gasteiger partial charge in [0.05, 0.1) is 33.4 Å². The lowest BCUT2D eigenvalue weighted by Crippen LogP contribution is -2.16. The van der Waals surface area contributed by atoms with E-state index in [9.17, 15) is 42.6 Å². The molecule has 0 aliphatic rings. The minimum atomic E-state index is -1.56. The molecule has 0 unspecified atom stereocenters. The van der Waals surface area contributed by atoms with Crippen LogP contribution in [0, 0.1) is 24.4 Å². The third-order valence-corrected chi connectivity index (χ3v) is 9.16. The molecule has 0 atom stereocenters. The van der Waals surface area contributed by atoms with Gasteiger partial charge in [0, 0.05) is 34.0 Å². The van der Waals surface area contributed by atoms with Gasteiger partial charge in [-0.2, -0.15) is 0 Å². The van der Waals surface area contributed by atoms with E-state index in [-0.39, 0.29) is 51.5 Å². The Hall–Kier alpha value is -7.21. The van der Waals surface area contributed by atoms with E-state index in [2.05, 4.69) is 5.32 Å². The molecular weight excluding hydrogens is 713 g/mol. The van der Waals surface area contributed by atoms with Gasteiger partial charge in [-0.05, 0) is 97.4 Å². The Bertz CT molecular complexity index is 2730. The van der Waals surface area contributed by atoms with Gasteiger partial charge in [-0.15, -0.1) is 0 Å². The molecule has 7 rings (SSSR count). The fraction of sp³-hybridized carbons (Fsp3) is 0.0698. The Morgan fingerprint density at radius 2 is 1.25 bits per heavy atom. The second-order valence-electron chi connectivity index (χ2n) is 12.7. The Morgan fingerprint density at radius 1 is 0.673 bits per heavy atom. The van der Waals surface area contributed by atoms with E-state index in [1.807, 2.05) is 29.7 Å². The molecule has 3 N–H and O–H groups in total. The summed E-state index contributed by atoms with van der Waals surface area (Å²) in [5, 5.41) is 23.9. The summed E-state index contributed by atoms with van der Waals surface area (Å²) in [4.78, 5) is 50.0. The topological polar surface area (TPSA) is 135 Å². The van der Waals surface area contributed by atoms with Crippen LogP contribution in [0.5, 0.6) is 11.5 Å². The SMILES string of the molecule is CCC(=O)c1ccc(Oc2ccc(C(=O)Nc3ccc4c(c3)c3cc(C)ccc3n4-c3ccccc3-c3cc(F)c(F)c(F)c3)c(C(=O)O)c2)cc1C(=O)O. The number of aromatic nitrogens is 1. The molecule has 0 radical (unpaired) electrons. The van der Waals surface area contributed by atoms with Crippen LogP contribution in [0.1, 0.15) is 60.3 Å². The second-order valence-corrected chi connectivity index (χ2v) is 12.7. The predicted octanol–water partition coefficient (Wildman–Crippen LogP) is 10.2. The highest BCUT2D eigenvalue weighted by molar-refractivity contribution is 6.14. The lowest BCUT2D eigenvalue weighted by atomic mass is 10.0. The number of nitrogens with zero attached hydrogens (tertiary/aromatic N) is 1. The lowest BCUT2D eigenvalue weighted by Gasteiger charge is -2.15. The van der Waals surface area contributed by atoms with Crippen molar-refractivity contribution in [3.8, 4) is 28.3 Å². The van der Waals surface area contributed by atoms with Crippen molar-refractivity contribution in [2.45, 2.75) is 20.3 Å². The summed E-state index contributed by atoms with van der Waals surface area (Å²) < 4.78 is 50.2. The van der Waals surface area contributed by atoms with Crippen LogP contribution in [0.4, 0.5) is 18.9 Å². The van der Waals surface area contributed by atoms with E-state index < -0.39 is 35.3 Å². The first-order valence-corrected chi connectivity index (χ1v) is 16.9. The van der Waals surface area contributed by atoms with Crippen molar-refractivity contribution < 1.29 is 47.3 Å². The Labute approximate surface area is 310 Å². The third-order valence-electron chi connectivity index (χ3n) is 9.16. The number of carbonyl (C=O) groups is 4. The summed E-state index contributed by atoms with van der Waals surface area (Å²) in [6.45, 7) is 3.52. The minimum absolute atomic E-state index is 0.0100. The summed E-state index contributed by atoms with van der Waals surface area (Å²) in [5.74, 6) is -7.99. The Balaban J connectivity index is 1.24. The minimum Gasteiger partial charge on any atom is -0.478 e.